The lowest BCUT2D eigenvalue weighted by Gasteiger charge is -2.37. The lowest BCUT2D eigenvalue weighted by atomic mass is 9.69. The van der Waals surface area contributed by atoms with E-state index >= 15 is 0 Å². The van der Waals surface area contributed by atoms with E-state index < -0.39 is 57.2 Å². The number of anilines is 1. The number of imide groups is 1. The minimum absolute atomic E-state index is 0.0359. The van der Waals surface area contributed by atoms with Gasteiger partial charge < -0.3 is 0 Å². The molecule has 38 heavy (non-hydrogen) atoms. The Balaban J connectivity index is 1.30. The van der Waals surface area contributed by atoms with E-state index in [0.29, 0.717) is 18.0 Å². The second-order valence-corrected chi connectivity index (χ2v) is 14.0. The average Bonchev–Trinajstić information content (AvgIpc) is 3.60. The molecule has 1 N–H and O–H groups in total. The number of amides is 3. The van der Waals surface area contributed by atoms with E-state index in [1.54, 1.807) is 30.3 Å². The third kappa shape index (κ3) is 2.89. The summed E-state index contributed by atoms with van der Waals surface area (Å²) in [6.07, 6.45) is 2.42. The summed E-state index contributed by atoms with van der Waals surface area (Å²) in [6.45, 7) is 4.28. The van der Waals surface area contributed by atoms with Crippen LogP contribution >= 0.6 is 0 Å². The average molecular weight is 534 g/mol. The van der Waals surface area contributed by atoms with Crippen LogP contribution in [0.25, 0.3) is 0 Å². The molecule has 7 atom stereocenters. The van der Waals surface area contributed by atoms with E-state index in [-0.39, 0.29) is 17.1 Å². The molecule has 0 unspecified atom stereocenters. The third-order valence-electron chi connectivity index (χ3n) is 10.5. The van der Waals surface area contributed by atoms with Crippen LogP contribution in [0, 0.1) is 28.6 Å². The number of nitrogens with zero attached hydrogens (tertiary/aromatic N) is 2. The molecular weight excluding hydrogens is 502 g/mol. The van der Waals surface area contributed by atoms with Crippen molar-refractivity contribution in [3.8, 4) is 0 Å². The van der Waals surface area contributed by atoms with Gasteiger partial charge in [0.05, 0.1) is 29.3 Å². The lowest BCUT2D eigenvalue weighted by molar-refractivity contribution is -0.135. The molecule has 2 saturated carbocycles. The maximum atomic E-state index is 14.3. The summed E-state index contributed by atoms with van der Waals surface area (Å²) in [7, 11) is -3.87. The second-order valence-electron chi connectivity index (χ2n) is 12.2. The number of carbonyl (C=O) groups is 3. The number of hydrogen-bond donors (Lipinski definition) is 1. The molecule has 2 aliphatic carbocycles. The van der Waals surface area contributed by atoms with Gasteiger partial charge >= 0.3 is 0 Å². The van der Waals surface area contributed by atoms with Crippen LogP contribution in [0.2, 0.25) is 0 Å². The predicted molar refractivity (Wildman–Crippen MR) is 140 cm³/mol. The highest BCUT2D eigenvalue weighted by atomic mass is 32.2. The van der Waals surface area contributed by atoms with Crippen molar-refractivity contribution >= 4 is 33.4 Å². The van der Waals surface area contributed by atoms with Gasteiger partial charge in [-0.25, -0.2) is 17.6 Å². The number of hydrogen-bond acceptors (Lipinski definition) is 6. The first kappa shape index (κ1) is 24.0. The molecule has 0 aromatic heterocycles. The number of benzene rings is 2. The van der Waals surface area contributed by atoms with Crippen molar-refractivity contribution in [3.63, 3.8) is 0 Å². The van der Waals surface area contributed by atoms with Crippen LogP contribution in [0.4, 0.5) is 5.69 Å². The van der Waals surface area contributed by atoms with E-state index in [4.69, 9.17) is 0 Å². The Morgan fingerprint density at radius 2 is 1.58 bits per heavy atom. The number of para-hydroxylation sites is 1. The topological polar surface area (TPSA) is 104 Å². The number of rotatable bonds is 3. The molecule has 5 aliphatic rings. The Hall–Kier alpha value is -3.04. The van der Waals surface area contributed by atoms with Gasteiger partial charge in [0.25, 0.3) is 5.91 Å². The molecular formula is C29H31N3O5S. The summed E-state index contributed by atoms with van der Waals surface area (Å²) < 4.78 is 28.4. The normalized spacial score (nSPS) is 38.1. The van der Waals surface area contributed by atoms with Crippen LogP contribution in [0.1, 0.15) is 44.7 Å². The molecule has 3 amide bonds. The molecule has 5 fully saturated rings. The fourth-order valence-corrected chi connectivity index (χ4v) is 11.1. The van der Waals surface area contributed by atoms with Gasteiger partial charge in [-0.15, -0.1) is 0 Å². The zero-order valence-corrected chi connectivity index (χ0v) is 22.2. The van der Waals surface area contributed by atoms with Crippen LogP contribution < -0.4 is 10.2 Å². The Kier molecular flexibility index (Phi) is 4.91. The van der Waals surface area contributed by atoms with Crippen LogP contribution in [0.3, 0.4) is 0 Å². The van der Waals surface area contributed by atoms with Gasteiger partial charge in [0.15, 0.2) is 0 Å². The van der Waals surface area contributed by atoms with Gasteiger partial charge in [0.1, 0.15) is 6.04 Å². The maximum absolute atomic E-state index is 14.3. The van der Waals surface area contributed by atoms with Gasteiger partial charge in [-0.05, 0) is 48.3 Å². The van der Waals surface area contributed by atoms with Gasteiger partial charge in [-0.2, -0.15) is 0 Å². The molecule has 3 saturated heterocycles. The zero-order valence-electron chi connectivity index (χ0n) is 21.4. The minimum atomic E-state index is -3.87. The summed E-state index contributed by atoms with van der Waals surface area (Å²) in [5.41, 5.74) is 0.601. The highest BCUT2D eigenvalue weighted by molar-refractivity contribution is 7.90. The molecule has 2 bridgehead atoms. The first-order valence-corrected chi connectivity index (χ1v) is 15.0. The molecule has 0 radical (unpaired) electrons. The van der Waals surface area contributed by atoms with Gasteiger partial charge in [0.2, 0.25) is 21.8 Å². The molecule has 7 rings (SSSR count). The van der Waals surface area contributed by atoms with Crippen molar-refractivity contribution in [3.05, 3.63) is 66.2 Å². The summed E-state index contributed by atoms with van der Waals surface area (Å²) in [5, 5.41) is 3.27. The fraction of sp³-hybridized carbons (Fsp3) is 0.483. The van der Waals surface area contributed by atoms with Crippen LogP contribution in [0.15, 0.2) is 60.7 Å². The highest BCUT2D eigenvalue weighted by Crippen LogP contribution is 2.70. The van der Waals surface area contributed by atoms with Crippen molar-refractivity contribution in [2.75, 3.05) is 10.7 Å². The van der Waals surface area contributed by atoms with Crippen LogP contribution in [-0.4, -0.2) is 48.3 Å². The van der Waals surface area contributed by atoms with Gasteiger partial charge in [-0.3, -0.25) is 19.7 Å². The number of carbonyl (C=O) groups excluding carboxylic acids is 3. The number of fused-ring (bicyclic) bond motifs is 2. The van der Waals surface area contributed by atoms with E-state index in [1.165, 1.54) is 4.90 Å². The Bertz CT molecular complexity index is 1460. The van der Waals surface area contributed by atoms with E-state index in [1.807, 2.05) is 30.3 Å². The Morgan fingerprint density at radius 1 is 0.947 bits per heavy atom. The van der Waals surface area contributed by atoms with E-state index in [2.05, 4.69) is 19.2 Å². The van der Waals surface area contributed by atoms with Crippen molar-refractivity contribution in [1.29, 1.82) is 0 Å². The molecule has 3 aliphatic heterocycles. The van der Waals surface area contributed by atoms with Crippen molar-refractivity contribution in [1.82, 2.24) is 9.62 Å². The predicted octanol–water partition coefficient (Wildman–Crippen LogP) is 2.87. The molecule has 2 aromatic carbocycles. The first-order chi connectivity index (χ1) is 18.1. The Labute approximate surface area is 222 Å². The second kappa shape index (κ2) is 7.76. The highest BCUT2D eigenvalue weighted by Gasteiger charge is 2.73. The summed E-state index contributed by atoms with van der Waals surface area (Å²) in [6, 6.07) is 15.9. The number of sulfonamides is 1. The molecule has 3 heterocycles. The van der Waals surface area contributed by atoms with Gasteiger partial charge in [0, 0.05) is 11.5 Å². The van der Waals surface area contributed by atoms with E-state index in [9.17, 15) is 22.8 Å². The summed E-state index contributed by atoms with van der Waals surface area (Å²) >= 11 is 0. The van der Waals surface area contributed by atoms with Crippen molar-refractivity contribution < 1.29 is 22.8 Å². The summed E-state index contributed by atoms with van der Waals surface area (Å²) in [4.78, 5) is 43.1. The first-order valence-electron chi connectivity index (χ1n) is 13.4. The molecule has 2 aromatic rings. The van der Waals surface area contributed by atoms with Crippen LogP contribution in [0.5, 0.6) is 0 Å². The molecule has 198 valence electrons. The fourth-order valence-electron chi connectivity index (χ4n) is 8.55. The molecule has 1 spiro atoms. The third-order valence-corrected chi connectivity index (χ3v) is 12.5. The Morgan fingerprint density at radius 3 is 2.24 bits per heavy atom. The largest absolute Gasteiger partial charge is 0.297 e. The molecule has 8 nitrogen and oxygen atoms in total. The van der Waals surface area contributed by atoms with E-state index in [0.717, 1.165) is 22.7 Å². The summed E-state index contributed by atoms with van der Waals surface area (Å²) in [5.74, 6) is -2.90. The quantitative estimate of drug-likeness (QED) is 0.609. The monoisotopic (exact) mass is 533 g/mol. The maximum Gasteiger partial charge on any atom is 0.254 e. The zero-order chi connectivity index (χ0) is 26.6. The van der Waals surface area contributed by atoms with Crippen molar-refractivity contribution in [2.45, 2.75) is 51.2 Å². The SMILES string of the molecule is CC1(C)[C@@H]2CC[C@]13CS(=O)(=O)N(C(=O)[C@H]1N[C@@H](c4ccccc4)[C@H]4C(=O)N(c5ccccc5)C(=O)[C@H]41)[C@@H]3C2. The number of nitrogens with one attached hydrogen (secondary N) is 1. The molecule has 9 heteroatoms. The smallest absolute Gasteiger partial charge is 0.254 e. The van der Waals surface area contributed by atoms with Gasteiger partial charge in [-0.1, -0.05) is 62.4 Å². The lowest BCUT2D eigenvalue weighted by Crippen LogP contribution is -2.53. The standard InChI is InChI=1S/C29H31N3O5S/c1-28(2)18-13-14-29(28)16-38(36,37)32(20(29)15-18)27(35)24-22-21(23(30-24)17-9-5-3-6-10-17)25(33)31(26(22)34)19-11-7-4-8-12-19/h3-12,18,20-24,30H,13-16H2,1-2H3/t18-,20-,21+,22-,23+,24+,29-/m1/s1. The van der Waals surface area contributed by atoms with Crippen molar-refractivity contribution in [2.24, 2.45) is 28.6 Å². The van der Waals surface area contributed by atoms with Crippen LogP contribution in [-0.2, 0) is 24.4 Å². The minimum Gasteiger partial charge on any atom is -0.297 e.